The Morgan fingerprint density at radius 1 is 1.26 bits per heavy atom. The highest BCUT2D eigenvalue weighted by atomic mass is 32.2. The summed E-state index contributed by atoms with van der Waals surface area (Å²) in [6, 6.07) is 5.66. The van der Waals surface area contributed by atoms with Crippen LogP contribution in [-0.4, -0.2) is 24.3 Å². The molecule has 1 atom stereocenters. The van der Waals surface area contributed by atoms with Crippen molar-refractivity contribution in [2.75, 3.05) is 6.26 Å². The monoisotopic (exact) mass is 282 g/mol. The molecule has 1 aromatic carbocycles. The Hall–Kier alpha value is -1.49. The summed E-state index contributed by atoms with van der Waals surface area (Å²) >= 11 is 1.51. The number of rotatable bonds is 5. The molecule has 104 valence electrons. The van der Waals surface area contributed by atoms with Crippen molar-refractivity contribution in [3.8, 4) is 5.75 Å². The number of hydrogen-bond acceptors (Lipinski definition) is 5. The molecule has 0 fully saturated rings. The summed E-state index contributed by atoms with van der Waals surface area (Å²) < 4.78 is 10.3. The number of ether oxygens (including phenoxy) is 2. The molecule has 0 spiro atoms. The van der Waals surface area contributed by atoms with Gasteiger partial charge in [0.15, 0.2) is 0 Å². The van der Waals surface area contributed by atoms with Gasteiger partial charge < -0.3 is 9.47 Å². The average molecular weight is 282 g/mol. The van der Waals surface area contributed by atoms with E-state index in [0.29, 0.717) is 12.2 Å². The fourth-order valence-electron chi connectivity index (χ4n) is 1.74. The van der Waals surface area contributed by atoms with Crippen LogP contribution in [0, 0.1) is 0 Å². The van der Waals surface area contributed by atoms with Crippen LogP contribution in [0.2, 0.25) is 0 Å². The van der Waals surface area contributed by atoms with Gasteiger partial charge in [-0.1, -0.05) is 6.07 Å². The molecular formula is C14H18O4S. The summed E-state index contributed by atoms with van der Waals surface area (Å²) in [4.78, 5) is 22.8. The Kier molecular flexibility index (Phi) is 5.89. The zero-order chi connectivity index (χ0) is 14.4. The minimum Gasteiger partial charge on any atom is -0.463 e. The van der Waals surface area contributed by atoms with Gasteiger partial charge in [-0.25, -0.2) is 0 Å². The maximum absolute atomic E-state index is 11.1. The summed E-state index contributed by atoms with van der Waals surface area (Å²) in [5, 5.41) is 0. The molecular weight excluding hydrogens is 264 g/mol. The fourth-order valence-corrected chi connectivity index (χ4v) is 2.25. The van der Waals surface area contributed by atoms with Gasteiger partial charge >= 0.3 is 11.9 Å². The third-order valence-electron chi connectivity index (χ3n) is 2.37. The second-order valence-corrected chi connectivity index (χ2v) is 5.05. The number of carbonyl (C=O) groups is 2. The molecule has 0 aliphatic carbocycles. The summed E-state index contributed by atoms with van der Waals surface area (Å²) in [7, 11) is 0. The van der Waals surface area contributed by atoms with E-state index in [2.05, 4.69) is 0 Å². The molecule has 0 bridgehead atoms. The van der Waals surface area contributed by atoms with Crippen molar-refractivity contribution < 1.29 is 19.1 Å². The largest absolute Gasteiger partial charge is 0.463 e. The molecule has 1 unspecified atom stereocenters. The van der Waals surface area contributed by atoms with Crippen LogP contribution in [0.5, 0.6) is 5.75 Å². The highest BCUT2D eigenvalue weighted by Gasteiger charge is 2.11. The summed E-state index contributed by atoms with van der Waals surface area (Å²) in [6.45, 7) is 4.59. The molecule has 0 saturated carbocycles. The maximum atomic E-state index is 11.1. The van der Waals surface area contributed by atoms with Crippen LogP contribution in [0.25, 0.3) is 0 Å². The van der Waals surface area contributed by atoms with E-state index in [1.807, 2.05) is 31.4 Å². The van der Waals surface area contributed by atoms with E-state index in [4.69, 9.17) is 9.47 Å². The van der Waals surface area contributed by atoms with Crippen molar-refractivity contribution in [2.24, 2.45) is 0 Å². The number of benzene rings is 1. The topological polar surface area (TPSA) is 52.6 Å². The third kappa shape index (κ3) is 5.34. The first kappa shape index (κ1) is 15.6. The van der Waals surface area contributed by atoms with Crippen LogP contribution in [-0.2, 0) is 20.7 Å². The molecule has 0 aliphatic rings. The lowest BCUT2D eigenvalue weighted by molar-refractivity contribution is -0.145. The standard InChI is InChI=1S/C14H18O4S/c1-9(17-10(2)15)7-12-5-6-14(19-4)13(8-12)18-11(3)16/h5-6,8-9H,7H2,1-4H3. The van der Waals surface area contributed by atoms with Gasteiger partial charge in [0.25, 0.3) is 0 Å². The van der Waals surface area contributed by atoms with E-state index in [-0.39, 0.29) is 18.0 Å². The third-order valence-corrected chi connectivity index (χ3v) is 3.15. The van der Waals surface area contributed by atoms with Gasteiger partial charge in [0.1, 0.15) is 11.9 Å². The number of thioether (sulfide) groups is 1. The van der Waals surface area contributed by atoms with Gasteiger partial charge in [0.2, 0.25) is 0 Å². The lowest BCUT2D eigenvalue weighted by Crippen LogP contribution is -2.15. The molecule has 0 heterocycles. The van der Waals surface area contributed by atoms with Gasteiger partial charge in [0, 0.05) is 25.2 Å². The highest BCUT2D eigenvalue weighted by Crippen LogP contribution is 2.29. The van der Waals surface area contributed by atoms with Crippen LogP contribution in [0.4, 0.5) is 0 Å². The predicted octanol–water partition coefficient (Wildman–Crippen LogP) is 2.83. The number of hydrogen-bond donors (Lipinski definition) is 0. The molecule has 0 aliphatic heterocycles. The minimum absolute atomic E-state index is 0.206. The summed E-state index contributed by atoms with van der Waals surface area (Å²) in [5.74, 6) is -0.0959. The fraction of sp³-hybridized carbons (Fsp3) is 0.429. The smallest absolute Gasteiger partial charge is 0.308 e. The van der Waals surface area contributed by atoms with E-state index < -0.39 is 0 Å². The average Bonchev–Trinajstić information content (AvgIpc) is 2.27. The first-order valence-corrected chi connectivity index (χ1v) is 7.17. The molecule has 0 amide bonds. The van der Waals surface area contributed by atoms with E-state index >= 15 is 0 Å². The normalized spacial score (nSPS) is 11.8. The van der Waals surface area contributed by atoms with Crippen LogP contribution in [0.15, 0.2) is 23.1 Å². The summed E-state index contributed by atoms with van der Waals surface area (Å²) in [6.07, 6.45) is 2.30. The van der Waals surface area contributed by atoms with Crippen LogP contribution in [0.1, 0.15) is 26.3 Å². The lowest BCUT2D eigenvalue weighted by Gasteiger charge is -2.13. The van der Waals surface area contributed by atoms with Crippen molar-refractivity contribution >= 4 is 23.7 Å². The Bertz CT molecular complexity index is 471. The van der Waals surface area contributed by atoms with Gasteiger partial charge in [-0.15, -0.1) is 11.8 Å². The Morgan fingerprint density at radius 3 is 2.47 bits per heavy atom. The Labute approximate surface area is 117 Å². The minimum atomic E-state index is -0.347. The first-order valence-electron chi connectivity index (χ1n) is 5.95. The molecule has 19 heavy (non-hydrogen) atoms. The van der Waals surface area contributed by atoms with Gasteiger partial charge in [-0.2, -0.15) is 0 Å². The Balaban J connectivity index is 2.85. The molecule has 0 saturated heterocycles. The van der Waals surface area contributed by atoms with E-state index in [1.165, 1.54) is 25.6 Å². The van der Waals surface area contributed by atoms with E-state index in [9.17, 15) is 9.59 Å². The quantitative estimate of drug-likeness (QED) is 0.472. The molecule has 0 N–H and O–H groups in total. The first-order chi connectivity index (χ1) is 8.92. The second-order valence-electron chi connectivity index (χ2n) is 4.20. The van der Waals surface area contributed by atoms with Crippen molar-refractivity contribution in [3.63, 3.8) is 0 Å². The molecule has 5 heteroatoms. The predicted molar refractivity (Wildman–Crippen MR) is 74.5 cm³/mol. The van der Waals surface area contributed by atoms with Gasteiger partial charge in [-0.05, 0) is 30.9 Å². The SMILES string of the molecule is CSc1ccc(CC(C)OC(C)=O)cc1OC(C)=O. The molecule has 4 nitrogen and oxygen atoms in total. The van der Waals surface area contributed by atoms with Gasteiger partial charge in [0.05, 0.1) is 0 Å². The van der Waals surface area contributed by atoms with Crippen molar-refractivity contribution in [1.82, 2.24) is 0 Å². The lowest BCUT2D eigenvalue weighted by atomic mass is 10.1. The van der Waals surface area contributed by atoms with E-state index in [0.717, 1.165) is 10.5 Å². The molecule has 1 rings (SSSR count). The van der Waals surface area contributed by atoms with Crippen LogP contribution in [0.3, 0.4) is 0 Å². The molecule has 0 aromatic heterocycles. The van der Waals surface area contributed by atoms with Crippen molar-refractivity contribution in [3.05, 3.63) is 23.8 Å². The van der Waals surface area contributed by atoms with Crippen LogP contribution >= 0.6 is 11.8 Å². The number of esters is 2. The van der Waals surface area contributed by atoms with E-state index in [1.54, 1.807) is 0 Å². The number of carbonyl (C=O) groups excluding carboxylic acids is 2. The second kappa shape index (κ2) is 7.19. The maximum Gasteiger partial charge on any atom is 0.308 e. The van der Waals surface area contributed by atoms with Crippen molar-refractivity contribution in [1.29, 1.82) is 0 Å². The molecule has 0 radical (unpaired) electrons. The zero-order valence-electron chi connectivity index (χ0n) is 11.6. The molecule has 1 aromatic rings. The van der Waals surface area contributed by atoms with Crippen LogP contribution < -0.4 is 4.74 Å². The van der Waals surface area contributed by atoms with Crippen molar-refractivity contribution in [2.45, 2.75) is 38.2 Å². The Morgan fingerprint density at radius 2 is 1.95 bits per heavy atom. The summed E-state index contributed by atoms with van der Waals surface area (Å²) in [5.41, 5.74) is 0.961. The zero-order valence-corrected chi connectivity index (χ0v) is 12.4. The van der Waals surface area contributed by atoms with Gasteiger partial charge in [-0.3, -0.25) is 9.59 Å². The highest BCUT2D eigenvalue weighted by molar-refractivity contribution is 7.98.